The van der Waals surface area contributed by atoms with Crippen LogP contribution in [0.3, 0.4) is 0 Å². The average molecular weight is 491 g/mol. The van der Waals surface area contributed by atoms with Gasteiger partial charge in [0.15, 0.2) is 5.75 Å². The third-order valence-corrected chi connectivity index (χ3v) is 5.18. The number of ether oxygens (including phenoxy) is 3. The zero-order chi connectivity index (χ0) is 25.2. The Morgan fingerprint density at radius 1 is 1.11 bits per heavy atom. The van der Waals surface area contributed by atoms with Gasteiger partial charge in [-0.1, -0.05) is 0 Å². The summed E-state index contributed by atoms with van der Waals surface area (Å²) < 4.78 is 56.5. The molecule has 0 unspecified atom stereocenters. The molecule has 12 heteroatoms. The maximum absolute atomic E-state index is 12.7. The van der Waals surface area contributed by atoms with Gasteiger partial charge >= 0.3 is 6.18 Å². The van der Waals surface area contributed by atoms with E-state index in [1.54, 1.807) is 31.5 Å². The van der Waals surface area contributed by atoms with Crippen LogP contribution in [0.25, 0.3) is 27.8 Å². The minimum atomic E-state index is -4.40. The first kappa shape index (κ1) is 24.3. The Kier molecular flexibility index (Phi) is 6.83. The van der Waals surface area contributed by atoms with Crippen LogP contribution < -0.4 is 9.47 Å². The molecule has 0 aliphatic carbocycles. The van der Waals surface area contributed by atoms with Crippen LogP contribution in [0.15, 0.2) is 36.9 Å². The molecule has 0 bridgehead atoms. The summed E-state index contributed by atoms with van der Waals surface area (Å²) in [5.41, 5.74) is 2.69. The normalized spacial score (nSPS) is 11.8. The molecular formula is C23H24F3N5O4. The second-order valence-corrected chi connectivity index (χ2v) is 7.70. The van der Waals surface area contributed by atoms with Crippen molar-refractivity contribution in [3.05, 3.63) is 42.5 Å². The summed E-state index contributed by atoms with van der Waals surface area (Å²) in [7, 11) is 1.49. The lowest BCUT2D eigenvalue weighted by Gasteiger charge is -2.11. The number of halogens is 3. The molecule has 0 aromatic carbocycles. The van der Waals surface area contributed by atoms with Crippen molar-refractivity contribution in [1.82, 2.24) is 24.3 Å². The van der Waals surface area contributed by atoms with Crippen molar-refractivity contribution >= 4 is 10.9 Å². The van der Waals surface area contributed by atoms with E-state index in [1.165, 1.54) is 24.1 Å². The van der Waals surface area contributed by atoms with Crippen molar-refractivity contribution in [3.8, 4) is 34.5 Å². The van der Waals surface area contributed by atoms with Crippen LogP contribution in [-0.2, 0) is 11.3 Å². The molecule has 0 atom stereocenters. The largest absolute Gasteiger partial charge is 0.494 e. The highest BCUT2D eigenvalue weighted by molar-refractivity contribution is 5.90. The van der Waals surface area contributed by atoms with Crippen LogP contribution in [0.2, 0.25) is 0 Å². The molecule has 4 heterocycles. The summed E-state index contributed by atoms with van der Waals surface area (Å²) in [6.45, 7) is 3.79. The van der Waals surface area contributed by atoms with Crippen LogP contribution in [0.4, 0.5) is 13.2 Å². The predicted molar refractivity (Wildman–Crippen MR) is 121 cm³/mol. The maximum Gasteiger partial charge on any atom is 0.408 e. The zero-order valence-electron chi connectivity index (χ0n) is 19.3. The van der Waals surface area contributed by atoms with Gasteiger partial charge in [-0.3, -0.25) is 9.25 Å². The molecule has 9 nitrogen and oxygen atoms in total. The Labute approximate surface area is 198 Å². The predicted octanol–water partition coefficient (Wildman–Crippen LogP) is 4.28. The van der Waals surface area contributed by atoms with Crippen molar-refractivity contribution in [2.45, 2.75) is 26.6 Å². The minimum absolute atomic E-state index is 0.143. The quantitative estimate of drug-likeness (QED) is 0.349. The lowest BCUT2D eigenvalue weighted by molar-refractivity contribution is -0.142. The number of rotatable bonds is 9. The number of hydrogen-bond donors (Lipinski definition) is 1. The Morgan fingerprint density at radius 3 is 2.63 bits per heavy atom. The molecular weight excluding hydrogens is 467 g/mol. The molecule has 0 spiro atoms. The van der Waals surface area contributed by atoms with Gasteiger partial charge in [0.2, 0.25) is 5.88 Å². The summed E-state index contributed by atoms with van der Waals surface area (Å²) in [5, 5.41) is 15.0. The third kappa shape index (κ3) is 5.32. The summed E-state index contributed by atoms with van der Waals surface area (Å²) >= 11 is 0. The van der Waals surface area contributed by atoms with E-state index >= 15 is 0 Å². The maximum atomic E-state index is 12.7. The first-order chi connectivity index (χ1) is 16.7. The molecule has 35 heavy (non-hydrogen) atoms. The second-order valence-electron chi connectivity index (χ2n) is 7.70. The highest BCUT2D eigenvalue weighted by Gasteiger charge is 2.28. The summed E-state index contributed by atoms with van der Waals surface area (Å²) in [4.78, 5) is 8.94. The van der Waals surface area contributed by atoms with Gasteiger partial charge in [-0.2, -0.15) is 18.3 Å². The Hall–Kier alpha value is -3.80. The van der Waals surface area contributed by atoms with Crippen molar-refractivity contribution in [2.75, 3.05) is 26.9 Å². The fourth-order valence-corrected chi connectivity index (χ4v) is 3.66. The summed E-state index contributed by atoms with van der Waals surface area (Å²) in [6, 6.07) is 3.54. The Morgan fingerprint density at radius 2 is 1.91 bits per heavy atom. The second kappa shape index (κ2) is 9.82. The van der Waals surface area contributed by atoms with E-state index < -0.39 is 12.7 Å². The van der Waals surface area contributed by atoms with Gasteiger partial charge in [-0.05, 0) is 31.5 Å². The Bertz CT molecular complexity index is 1330. The fourth-order valence-electron chi connectivity index (χ4n) is 3.66. The van der Waals surface area contributed by atoms with Crippen LogP contribution in [-0.4, -0.2) is 62.5 Å². The van der Waals surface area contributed by atoms with Crippen LogP contribution in [0, 0.1) is 6.92 Å². The number of pyridine rings is 2. The zero-order valence-corrected chi connectivity index (χ0v) is 19.3. The molecule has 4 rings (SSSR count). The molecule has 0 fully saturated rings. The number of fused-ring (bicyclic) bond motifs is 1. The number of hydrogen-bond acceptors (Lipinski definition) is 7. The van der Waals surface area contributed by atoms with Gasteiger partial charge in [0, 0.05) is 30.8 Å². The van der Waals surface area contributed by atoms with Gasteiger partial charge in [-0.25, -0.2) is 9.97 Å². The van der Waals surface area contributed by atoms with Gasteiger partial charge < -0.3 is 19.3 Å². The van der Waals surface area contributed by atoms with E-state index in [9.17, 15) is 18.3 Å². The van der Waals surface area contributed by atoms with Crippen molar-refractivity contribution in [1.29, 1.82) is 0 Å². The lowest BCUT2D eigenvalue weighted by atomic mass is 10.1. The fraction of sp³-hybridized carbons (Fsp3) is 0.348. The van der Waals surface area contributed by atoms with E-state index in [0.29, 0.717) is 53.6 Å². The molecule has 0 saturated heterocycles. The smallest absolute Gasteiger partial charge is 0.408 e. The average Bonchev–Trinajstić information content (AvgIpc) is 3.39. The van der Waals surface area contributed by atoms with Crippen LogP contribution in [0.1, 0.15) is 12.5 Å². The summed E-state index contributed by atoms with van der Waals surface area (Å²) in [6.07, 6.45) is 1.20. The standard InChI is InChI=1S/C23H24F3N5O4/c1-4-34-5-6-35-19-8-15(9-27-21(19)33-3)17-7-14(2)20-18(29-17)12-31(22(20)32)16-10-28-30(11-16)13-23(24,25)26/h7-12,32H,4-6,13H2,1-3H3. The Balaban J connectivity index is 1.68. The number of aromatic hydroxyl groups is 1. The number of aromatic nitrogens is 5. The van der Waals surface area contributed by atoms with Crippen LogP contribution >= 0.6 is 0 Å². The van der Waals surface area contributed by atoms with E-state index in [2.05, 4.69) is 15.1 Å². The number of methoxy groups -OCH3 is 1. The number of alkyl halides is 3. The van der Waals surface area contributed by atoms with E-state index in [1.807, 2.05) is 6.92 Å². The highest BCUT2D eigenvalue weighted by Crippen LogP contribution is 2.35. The molecule has 0 amide bonds. The first-order valence-corrected chi connectivity index (χ1v) is 10.8. The van der Waals surface area contributed by atoms with E-state index in [0.717, 1.165) is 10.2 Å². The summed E-state index contributed by atoms with van der Waals surface area (Å²) in [5.74, 6) is 0.611. The molecule has 4 aromatic rings. The molecule has 0 saturated carbocycles. The monoisotopic (exact) mass is 491 g/mol. The topological polar surface area (TPSA) is 96.5 Å². The lowest BCUT2D eigenvalue weighted by Crippen LogP contribution is -2.17. The molecule has 0 radical (unpaired) electrons. The molecule has 1 N–H and O–H groups in total. The molecule has 4 aromatic heterocycles. The number of nitrogens with zero attached hydrogens (tertiary/aromatic N) is 5. The first-order valence-electron chi connectivity index (χ1n) is 10.8. The van der Waals surface area contributed by atoms with Crippen molar-refractivity contribution in [2.24, 2.45) is 0 Å². The molecule has 0 aliphatic heterocycles. The van der Waals surface area contributed by atoms with Gasteiger partial charge in [0.25, 0.3) is 5.88 Å². The highest BCUT2D eigenvalue weighted by atomic mass is 19.4. The number of aryl methyl sites for hydroxylation is 1. The van der Waals surface area contributed by atoms with Gasteiger partial charge in [-0.15, -0.1) is 0 Å². The van der Waals surface area contributed by atoms with Crippen LogP contribution in [0.5, 0.6) is 17.5 Å². The van der Waals surface area contributed by atoms with Gasteiger partial charge in [0.1, 0.15) is 13.2 Å². The van der Waals surface area contributed by atoms with Crippen molar-refractivity contribution < 1.29 is 32.5 Å². The van der Waals surface area contributed by atoms with E-state index in [-0.39, 0.29) is 11.6 Å². The molecule has 0 aliphatic rings. The van der Waals surface area contributed by atoms with Crippen molar-refractivity contribution in [3.63, 3.8) is 0 Å². The minimum Gasteiger partial charge on any atom is -0.494 e. The van der Waals surface area contributed by atoms with E-state index in [4.69, 9.17) is 14.2 Å². The third-order valence-electron chi connectivity index (χ3n) is 5.18. The van der Waals surface area contributed by atoms with Gasteiger partial charge in [0.05, 0.1) is 42.2 Å². The SMILES string of the molecule is CCOCCOc1cc(-c2cc(C)c3c(O)n(-c4cnn(CC(F)(F)F)c4)cc3n2)cnc1OC. The molecule has 186 valence electrons.